The maximum atomic E-state index is 12.7. The van der Waals surface area contributed by atoms with Crippen molar-refractivity contribution in [3.63, 3.8) is 0 Å². The van der Waals surface area contributed by atoms with Gasteiger partial charge in [0, 0.05) is 16.7 Å². The minimum Gasteiger partial charge on any atom is -0.505 e. The van der Waals surface area contributed by atoms with Gasteiger partial charge in [-0.15, -0.1) is 0 Å². The summed E-state index contributed by atoms with van der Waals surface area (Å²) in [6.07, 6.45) is -1.43. The lowest BCUT2D eigenvalue weighted by molar-refractivity contribution is -0.110. The van der Waals surface area contributed by atoms with Crippen molar-refractivity contribution in [2.24, 2.45) is 5.10 Å². The van der Waals surface area contributed by atoms with Gasteiger partial charge in [-0.25, -0.2) is 4.79 Å². The van der Waals surface area contributed by atoms with Gasteiger partial charge in [-0.3, -0.25) is 10.2 Å². The molecule has 5 rings (SSSR count). The first kappa shape index (κ1) is 21.7. The van der Waals surface area contributed by atoms with E-state index in [1.54, 1.807) is 30.3 Å². The smallest absolute Gasteiger partial charge is 0.505 e. The number of benzene rings is 4. The second-order valence-electron chi connectivity index (χ2n) is 7.72. The summed E-state index contributed by atoms with van der Waals surface area (Å²) in [5, 5.41) is 26.9. The topological polar surface area (TPSA) is 120 Å². The molecule has 4 N–H and O–H groups in total. The molecule has 1 amide bonds. The molecule has 1 heterocycles. The van der Waals surface area contributed by atoms with Crippen LogP contribution in [0, 0.1) is 0 Å². The third-order valence-electron chi connectivity index (χ3n) is 5.53. The molecule has 0 radical (unpaired) electrons. The summed E-state index contributed by atoms with van der Waals surface area (Å²) in [6, 6.07) is 26.7. The standard InChI is InChI=1S/C27H19N3O5/c31-25-20(17-9-4-10-18(15-17)35-27(33)34)12-6-14-22(25)29-30-24-21-13-5-11-19(23(21)28-26(24)32)16-7-2-1-3-8-16/h1-15,29,31H,(H,33,34)(H,28,30,32). The van der Waals surface area contributed by atoms with Gasteiger partial charge in [-0.2, -0.15) is 5.10 Å². The van der Waals surface area contributed by atoms with Gasteiger partial charge in [0.1, 0.15) is 11.5 Å². The van der Waals surface area contributed by atoms with Crippen LogP contribution >= 0.6 is 0 Å². The van der Waals surface area contributed by atoms with E-state index in [1.807, 2.05) is 48.5 Å². The van der Waals surface area contributed by atoms with Crippen LogP contribution in [0.3, 0.4) is 0 Å². The van der Waals surface area contributed by atoms with Crippen LogP contribution in [0.2, 0.25) is 0 Å². The number of carboxylic acid groups (broad SMARTS) is 1. The summed E-state index contributed by atoms with van der Waals surface area (Å²) >= 11 is 0. The highest BCUT2D eigenvalue weighted by molar-refractivity contribution is 6.54. The van der Waals surface area contributed by atoms with E-state index >= 15 is 0 Å². The van der Waals surface area contributed by atoms with E-state index < -0.39 is 6.16 Å². The van der Waals surface area contributed by atoms with Crippen molar-refractivity contribution in [1.82, 2.24) is 0 Å². The van der Waals surface area contributed by atoms with E-state index in [0.29, 0.717) is 22.4 Å². The van der Waals surface area contributed by atoms with Crippen LogP contribution in [0.15, 0.2) is 96.1 Å². The van der Waals surface area contributed by atoms with Crippen LogP contribution < -0.4 is 15.5 Å². The first-order chi connectivity index (χ1) is 17.0. The SMILES string of the molecule is O=C(O)Oc1cccc(-c2cccc(NN=C3C(=O)Nc4c3cccc4-c3ccccc3)c2O)c1. The molecule has 0 aromatic heterocycles. The van der Waals surface area contributed by atoms with Gasteiger partial charge < -0.3 is 20.3 Å². The average molecular weight is 465 g/mol. The highest BCUT2D eigenvalue weighted by Gasteiger charge is 2.28. The zero-order valence-electron chi connectivity index (χ0n) is 18.2. The molecule has 35 heavy (non-hydrogen) atoms. The van der Waals surface area contributed by atoms with Crippen LogP contribution in [0.4, 0.5) is 16.2 Å². The predicted molar refractivity (Wildman–Crippen MR) is 133 cm³/mol. The zero-order valence-corrected chi connectivity index (χ0v) is 18.2. The third-order valence-corrected chi connectivity index (χ3v) is 5.53. The maximum Gasteiger partial charge on any atom is 0.511 e. The van der Waals surface area contributed by atoms with E-state index in [9.17, 15) is 14.7 Å². The van der Waals surface area contributed by atoms with Gasteiger partial charge >= 0.3 is 6.16 Å². The Bertz CT molecular complexity index is 1480. The Morgan fingerprint density at radius 3 is 2.31 bits per heavy atom. The molecule has 0 unspecified atom stereocenters. The normalized spacial score (nSPS) is 13.3. The van der Waals surface area contributed by atoms with Crippen molar-refractivity contribution in [1.29, 1.82) is 0 Å². The summed E-state index contributed by atoms with van der Waals surface area (Å²) in [5.74, 6) is -0.340. The molecule has 1 aliphatic rings. The summed E-state index contributed by atoms with van der Waals surface area (Å²) in [6.45, 7) is 0. The van der Waals surface area contributed by atoms with Crippen molar-refractivity contribution < 1.29 is 24.5 Å². The van der Waals surface area contributed by atoms with Crippen LogP contribution in [0.5, 0.6) is 11.5 Å². The third kappa shape index (κ3) is 4.28. The Kier molecular flexibility index (Phi) is 5.60. The van der Waals surface area contributed by atoms with Gasteiger partial charge in [0.05, 0.1) is 11.4 Å². The van der Waals surface area contributed by atoms with Crippen molar-refractivity contribution >= 4 is 29.1 Å². The second kappa shape index (κ2) is 9.03. The van der Waals surface area contributed by atoms with E-state index in [1.165, 1.54) is 12.1 Å². The van der Waals surface area contributed by atoms with Crippen LogP contribution in [0.25, 0.3) is 22.3 Å². The minimum atomic E-state index is -1.43. The lowest BCUT2D eigenvalue weighted by Crippen LogP contribution is -2.15. The molecule has 8 nitrogen and oxygen atoms in total. The number of para-hydroxylation sites is 2. The minimum absolute atomic E-state index is 0.110. The fourth-order valence-corrected chi connectivity index (χ4v) is 3.96. The molecule has 0 spiro atoms. The van der Waals surface area contributed by atoms with Gasteiger partial charge in [-0.1, -0.05) is 72.8 Å². The number of hydrazone groups is 1. The Morgan fingerprint density at radius 1 is 0.829 bits per heavy atom. The van der Waals surface area contributed by atoms with Crippen LogP contribution in [0.1, 0.15) is 5.56 Å². The number of anilines is 2. The lowest BCUT2D eigenvalue weighted by Gasteiger charge is -2.11. The fourth-order valence-electron chi connectivity index (χ4n) is 3.96. The number of phenols is 1. The van der Waals surface area contributed by atoms with Crippen molar-refractivity contribution in [3.05, 3.63) is 96.6 Å². The fraction of sp³-hybridized carbons (Fsp3) is 0. The highest BCUT2D eigenvalue weighted by atomic mass is 16.7. The molecule has 4 aromatic carbocycles. The first-order valence-electron chi connectivity index (χ1n) is 10.7. The number of ether oxygens (including phenoxy) is 1. The number of rotatable bonds is 5. The van der Waals surface area contributed by atoms with E-state index in [4.69, 9.17) is 9.84 Å². The second-order valence-corrected chi connectivity index (χ2v) is 7.72. The van der Waals surface area contributed by atoms with E-state index in [-0.39, 0.29) is 28.8 Å². The Hall–Kier alpha value is -5.11. The number of phenolic OH excluding ortho intramolecular Hbond substituents is 1. The number of aromatic hydroxyl groups is 1. The quantitative estimate of drug-likeness (QED) is 0.133. The Balaban J connectivity index is 1.46. The molecule has 1 aliphatic heterocycles. The van der Waals surface area contributed by atoms with Gasteiger partial charge in [0.25, 0.3) is 5.91 Å². The average Bonchev–Trinajstić information content (AvgIpc) is 3.18. The van der Waals surface area contributed by atoms with Crippen molar-refractivity contribution in [2.75, 3.05) is 10.7 Å². The van der Waals surface area contributed by atoms with Crippen molar-refractivity contribution in [3.8, 4) is 33.8 Å². The van der Waals surface area contributed by atoms with Gasteiger partial charge in [-0.05, 0) is 29.3 Å². The highest BCUT2D eigenvalue weighted by Crippen LogP contribution is 2.38. The predicted octanol–water partition coefficient (Wildman–Crippen LogP) is 5.55. The summed E-state index contributed by atoms with van der Waals surface area (Å²) in [7, 11) is 0. The van der Waals surface area contributed by atoms with Crippen LogP contribution in [-0.4, -0.2) is 28.0 Å². The molecular formula is C27H19N3O5. The molecule has 8 heteroatoms. The van der Waals surface area contributed by atoms with E-state index in [2.05, 4.69) is 15.8 Å². The number of fused-ring (bicyclic) bond motifs is 1. The number of carbonyl (C=O) groups is 2. The van der Waals surface area contributed by atoms with Gasteiger partial charge in [0.15, 0.2) is 5.71 Å². The number of hydrogen-bond acceptors (Lipinski definition) is 6. The first-order valence-corrected chi connectivity index (χ1v) is 10.7. The molecule has 0 saturated heterocycles. The number of carbonyl (C=O) groups excluding carboxylic acids is 1. The van der Waals surface area contributed by atoms with Crippen molar-refractivity contribution in [2.45, 2.75) is 0 Å². The molecule has 0 fully saturated rings. The largest absolute Gasteiger partial charge is 0.511 e. The summed E-state index contributed by atoms with van der Waals surface area (Å²) < 4.78 is 4.70. The maximum absolute atomic E-state index is 12.7. The number of hydrogen-bond donors (Lipinski definition) is 4. The number of nitrogens with one attached hydrogen (secondary N) is 2. The molecule has 0 saturated carbocycles. The molecule has 4 aromatic rings. The number of nitrogens with zero attached hydrogens (tertiary/aromatic N) is 1. The summed E-state index contributed by atoms with van der Waals surface area (Å²) in [4.78, 5) is 23.6. The van der Waals surface area contributed by atoms with E-state index in [0.717, 1.165) is 11.1 Å². The molecule has 172 valence electrons. The summed E-state index contributed by atoms with van der Waals surface area (Å²) in [5.41, 5.74) is 7.44. The van der Waals surface area contributed by atoms with Gasteiger partial charge in [0.2, 0.25) is 0 Å². The molecule has 0 atom stereocenters. The Morgan fingerprint density at radius 2 is 1.51 bits per heavy atom. The Labute approximate surface area is 200 Å². The number of amides is 1. The monoisotopic (exact) mass is 465 g/mol. The van der Waals surface area contributed by atoms with Crippen LogP contribution in [-0.2, 0) is 4.79 Å². The molecule has 0 aliphatic carbocycles. The lowest BCUT2D eigenvalue weighted by atomic mass is 10.0. The zero-order chi connectivity index (χ0) is 24.4. The molecule has 0 bridgehead atoms. The molecular weight excluding hydrogens is 446 g/mol.